The Labute approximate surface area is 114 Å². The van der Waals surface area contributed by atoms with E-state index < -0.39 is 11.8 Å². The summed E-state index contributed by atoms with van der Waals surface area (Å²) in [4.78, 5) is 32.6. The van der Waals surface area contributed by atoms with Crippen LogP contribution in [-0.4, -0.2) is 34.3 Å². The van der Waals surface area contributed by atoms with Crippen molar-refractivity contribution in [3.63, 3.8) is 0 Å². The molecule has 1 aliphatic rings. The van der Waals surface area contributed by atoms with Crippen LogP contribution in [0.1, 0.15) is 23.2 Å². The first-order valence-electron chi connectivity index (χ1n) is 5.64. The minimum absolute atomic E-state index is 0.0985. The maximum absolute atomic E-state index is 12.2. The molecule has 0 saturated carbocycles. The zero-order chi connectivity index (χ0) is 15.1. The fourth-order valence-electron chi connectivity index (χ4n) is 1.46. The van der Waals surface area contributed by atoms with Crippen molar-refractivity contribution in [3.05, 3.63) is 35.6 Å². The molecule has 0 aliphatic carbocycles. The summed E-state index contributed by atoms with van der Waals surface area (Å²) in [7, 11) is 0. The predicted octanol–water partition coefficient (Wildman–Crippen LogP) is 1.18. The SMILES string of the molecule is N#CCN1C(=O)CCC1=O.O=C(O)c1ccc(F)cc1. The van der Waals surface area contributed by atoms with Crippen LogP contribution in [0.15, 0.2) is 24.3 Å². The van der Waals surface area contributed by atoms with Gasteiger partial charge in [0.2, 0.25) is 11.8 Å². The first-order valence-corrected chi connectivity index (χ1v) is 5.64. The third kappa shape index (κ3) is 4.17. The van der Waals surface area contributed by atoms with Crippen LogP contribution in [0.4, 0.5) is 4.39 Å². The van der Waals surface area contributed by atoms with E-state index in [2.05, 4.69) is 0 Å². The van der Waals surface area contributed by atoms with Gasteiger partial charge in [-0.1, -0.05) is 0 Å². The van der Waals surface area contributed by atoms with E-state index in [1.165, 1.54) is 12.1 Å². The number of amides is 2. The van der Waals surface area contributed by atoms with Crippen molar-refractivity contribution < 1.29 is 23.9 Å². The number of carbonyl (C=O) groups is 3. The van der Waals surface area contributed by atoms with Gasteiger partial charge < -0.3 is 5.11 Å². The second-order valence-electron chi connectivity index (χ2n) is 3.84. The highest BCUT2D eigenvalue weighted by molar-refractivity contribution is 6.02. The average molecular weight is 278 g/mol. The molecule has 0 bridgehead atoms. The summed E-state index contributed by atoms with van der Waals surface area (Å²) < 4.78 is 12.2. The molecule has 0 atom stereocenters. The van der Waals surface area contributed by atoms with E-state index in [0.29, 0.717) is 0 Å². The van der Waals surface area contributed by atoms with E-state index in [1.54, 1.807) is 6.07 Å². The van der Waals surface area contributed by atoms with E-state index in [9.17, 15) is 18.8 Å². The molecule has 1 fully saturated rings. The molecule has 0 aromatic heterocycles. The summed E-state index contributed by atoms with van der Waals surface area (Å²) in [6.07, 6.45) is 0.529. The van der Waals surface area contributed by atoms with Gasteiger partial charge in [-0.15, -0.1) is 0 Å². The summed E-state index contributed by atoms with van der Waals surface area (Å²) in [5.74, 6) is -1.93. The van der Waals surface area contributed by atoms with E-state index in [1.807, 2.05) is 0 Å². The van der Waals surface area contributed by atoms with Crippen molar-refractivity contribution >= 4 is 17.8 Å². The van der Waals surface area contributed by atoms with E-state index in [0.717, 1.165) is 17.0 Å². The second kappa shape index (κ2) is 6.99. The Morgan fingerprint density at radius 3 is 2.15 bits per heavy atom. The van der Waals surface area contributed by atoms with Crippen LogP contribution in [0, 0.1) is 17.1 Å². The van der Waals surface area contributed by atoms with Crippen LogP contribution in [0.2, 0.25) is 0 Å². The average Bonchev–Trinajstić information content (AvgIpc) is 2.72. The van der Waals surface area contributed by atoms with Gasteiger partial charge in [0.25, 0.3) is 0 Å². The van der Waals surface area contributed by atoms with Gasteiger partial charge >= 0.3 is 5.97 Å². The Morgan fingerprint density at radius 2 is 1.75 bits per heavy atom. The zero-order valence-electron chi connectivity index (χ0n) is 10.4. The van der Waals surface area contributed by atoms with Gasteiger partial charge in [-0.3, -0.25) is 14.5 Å². The summed E-state index contributed by atoms with van der Waals surface area (Å²) in [6.45, 7) is -0.0995. The highest BCUT2D eigenvalue weighted by Crippen LogP contribution is 2.09. The Hall–Kier alpha value is -2.75. The topological polar surface area (TPSA) is 98.5 Å². The van der Waals surface area contributed by atoms with Gasteiger partial charge in [0.1, 0.15) is 12.4 Å². The molecule has 0 unspecified atom stereocenters. The van der Waals surface area contributed by atoms with Crippen LogP contribution in [0.3, 0.4) is 0 Å². The van der Waals surface area contributed by atoms with Gasteiger partial charge in [0.05, 0.1) is 11.6 Å². The fraction of sp³-hybridized carbons (Fsp3) is 0.231. The zero-order valence-corrected chi connectivity index (χ0v) is 10.4. The van der Waals surface area contributed by atoms with Crippen LogP contribution < -0.4 is 0 Å². The van der Waals surface area contributed by atoms with Crippen molar-refractivity contribution in [1.82, 2.24) is 4.90 Å². The molecule has 2 amide bonds. The lowest BCUT2D eigenvalue weighted by Crippen LogP contribution is -2.29. The molecule has 1 N–H and O–H groups in total. The lowest BCUT2D eigenvalue weighted by Gasteiger charge is -2.06. The molecule has 1 saturated heterocycles. The predicted molar refractivity (Wildman–Crippen MR) is 64.9 cm³/mol. The quantitative estimate of drug-likeness (QED) is 0.647. The maximum atomic E-state index is 12.2. The smallest absolute Gasteiger partial charge is 0.335 e. The maximum Gasteiger partial charge on any atom is 0.335 e. The van der Waals surface area contributed by atoms with Crippen molar-refractivity contribution in [1.29, 1.82) is 5.26 Å². The second-order valence-corrected chi connectivity index (χ2v) is 3.84. The van der Waals surface area contributed by atoms with Crippen molar-refractivity contribution in [3.8, 4) is 6.07 Å². The number of rotatable bonds is 2. The number of benzene rings is 1. The number of hydrogen-bond acceptors (Lipinski definition) is 4. The molecular weight excluding hydrogens is 267 g/mol. The minimum atomic E-state index is -1.04. The molecule has 1 aliphatic heterocycles. The molecule has 1 aromatic carbocycles. The Kier molecular flexibility index (Phi) is 5.35. The molecule has 20 heavy (non-hydrogen) atoms. The number of hydrogen-bond donors (Lipinski definition) is 1. The van der Waals surface area contributed by atoms with Crippen LogP contribution in [0.25, 0.3) is 0 Å². The number of carbonyl (C=O) groups excluding carboxylic acids is 2. The van der Waals surface area contributed by atoms with Gasteiger partial charge in [-0.05, 0) is 24.3 Å². The molecule has 2 rings (SSSR count). The number of carboxylic acids is 1. The molecule has 7 heteroatoms. The molecule has 1 aromatic rings. The number of nitriles is 1. The lowest BCUT2D eigenvalue weighted by atomic mass is 10.2. The minimum Gasteiger partial charge on any atom is -0.478 e. The van der Waals surface area contributed by atoms with Gasteiger partial charge in [0.15, 0.2) is 0 Å². The monoisotopic (exact) mass is 278 g/mol. The summed E-state index contributed by atoms with van der Waals surface area (Å²) >= 11 is 0. The normalized spacial score (nSPS) is 13.5. The van der Waals surface area contributed by atoms with Crippen LogP contribution >= 0.6 is 0 Å². The van der Waals surface area contributed by atoms with Crippen molar-refractivity contribution in [2.45, 2.75) is 12.8 Å². The fourth-order valence-corrected chi connectivity index (χ4v) is 1.46. The standard InChI is InChI=1S/C7H5FO2.C6H6N2O2/c8-6-3-1-5(2-4-6)7(9)10;7-3-4-8-5(9)1-2-6(8)10/h1-4H,(H,9,10);1-2,4H2. The largest absolute Gasteiger partial charge is 0.478 e. The van der Waals surface area contributed by atoms with E-state index in [-0.39, 0.29) is 36.8 Å². The molecule has 0 spiro atoms. The van der Waals surface area contributed by atoms with Crippen LogP contribution in [-0.2, 0) is 9.59 Å². The van der Waals surface area contributed by atoms with Gasteiger partial charge in [-0.25, -0.2) is 9.18 Å². The summed E-state index contributed by atoms with van der Waals surface area (Å²) in [5, 5.41) is 16.5. The summed E-state index contributed by atoms with van der Waals surface area (Å²) in [5.41, 5.74) is 0.0985. The lowest BCUT2D eigenvalue weighted by molar-refractivity contribution is -0.137. The van der Waals surface area contributed by atoms with Crippen LogP contribution in [0.5, 0.6) is 0 Å². The first-order chi connectivity index (χ1) is 9.45. The first kappa shape index (κ1) is 15.3. The molecular formula is C13H11FN2O4. The van der Waals surface area contributed by atoms with Gasteiger partial charge in [0, 0.05) is 12.8 Å². The number of likely N-dealkylation sites (tertiary alicyclic amines) is 1. The third-order valence-electron chi connectivity index (χ3n) is 2.47. The highest BCUT2D eigenvalue weighted by atomic mass is 19.1. The summed E-state index contributed by atoms with van der Waals surface area (Å²) in [6, 6.07) is 6.42. The third-order valence-corrected chi connectivity index (χ3v) is 2.47. The van der Waals surface area contributed by atoms with Gasteiger partial charge in [-0.2, -0.15) is 5.26 Å². The Morgan fingerprint density at radius 1 is 1.25 bits per heavy atom. The molecule has 0 radical (unpaired) electrons. The highest BCUT2D eigenvalue weighted by Gasteiger charge is 2.27. The number of imide groups is 1. The number of carboxylic acid groups (broad SMARTS) is 1. The molecule has 104 valence electrons. The van der Waals surface area contributed by atoms with Crippen molar-refractivity contribution in [2.24, 2.45) is 0 Å². The van der Waals surface area contributed by atoms with Crippen molar-refractivity contribution in [2.75, 3.05) is 6.54 Å². The Balaban J connectivity index is 0.000000200. The van der Waals surface area contributed by atoms with E-state index in [4.69, 9.17) is 10.4 Å². The molecule has 6 nitrogen and oxygen atoms in total. The molecule has 1 heterocycles. The van der Waals surface area contributed by atoms with E-state index >= 15 is 0 Å². The number of halogens is 1. The number of aromatic carboxylic acids is 1. The Bertz CT molecular complexity index is 547. The number of nitrogens with zero attached hydrogens (tertiary/aromatic N) is 2.